The Balaban J connectivity index is 1.91. The summed E-state index contributed by atoms with van der Waals surface area (Å²) >= 11 is 0. The maximum absolute atomic E-state index is 12.9. The summed E-state index contributed by atoms with van der Waals surface area (Å²) in [7, 11) is 0. The molecule has 122 valence electrons. The number of rotatable bonds is 7. The molecule has 0 aliphatic heterocycles. The van der Waals surface area contributed by atoms with Crippen LogP contribution in [0.1, 0.15) is 36.3 Å². The molecule has 5 nitrogen and oxygen atoms in total. The average Bonchev–Trinajstić information content (AvgIpc) is 2.54. The van der Waals surface area contributed by atoms with E-state index < -0.39 is 0 Å². The van der Waals surface area contributed by atoms with Gasteiger partial charge in [0.05, 0.1) is 0 Å². The van der Waals surface area contributed by atoms with Crippen LogP contribution >= 0.6 is 0 Å². The van der Waals surface area contributed by atoms with Crippen molar-refractivity contribution in [2.24, 2.45) is 5.92 Å². The molecule has 6 heteroatoms. The maximum atomic E-state index is 12.9. The fourth-order valence-corrected chi connectivity index (χ4v) is 1.94. The Hall–Kier alpha value is -2.50. The van der Waals surface area contributed by atoms with Crippen molar-refractivity contribution in [2.45, 2.75) is 26.8 Å². The molecule has 1 heterocycles. The molecule has 0 unspecified atom stereocenters. The van der Waals surface area contributed by atoms with Crippen LogP contribution in [0.2, 0.25) is 0 Å². The van der Waals surface area contributed by atoms with Crippen molar-refractivity contribution < 1.29 is 9.18 Å². The van der Waals surface area contributed by atoms with Crippen LogP contribution in [0.25, 0.3) is 0 Å². The van der Waals surface area contributed by atoms with Gasteiger partial charge in [-0.25, -0.2) is 14.4 Å². The first-order chi connectivity index (χ1) is 11.0. The largest absolute Gasteiger partial charge is 0.366 e. The molecule has 2 N–H and O–H groups in total. The van der Waals surface area contributed by atoms with Crippen LogP contribution in [-0.4, -0.2) is 22.4 Å². The molecular weight excluding hydrogens is 295 g/mol. The van der Waals surface area contributed by atoms with Crippen molar-refractivity contribution >= 4 is 11.7 Å². The summed E-state index contributed by atoms with van der Waals surface area (Å²) in [5.41, 5.74) is 1.25. The summed E-state index contributed by atoms with van der Waals surface area (Å²) in [5, 5.41) is 5.94. The Morgan fingerprint density at radius 2 is 1.96 bits per heavy atom. The van der Waals surface area contributed by atoms with E-state index in [1.165, 1.54) is 18.5 Å². The molecule has 2 aromatic rings. The van der Waals surface area contributed by atoms with Gasteiger partial charge in [-0.3, -0.25) is 4.79 Å². The molecule has 0 bridgehead atoms. The minimum Gasteiger partial charge on any atom is -0.366 e. The second kappa shape index (κ2) is 8.22. The Morgan fingerprint density at radius 1 is 1.22 bits per heavy atom. The van der Waals surface area contributed by atoms with Crippen molar-refractivity contribution in [3.8, 4) is 0 Å². The van der Waals surface area contributed by atoms with Crippen molar-refractivity contribution in [2.75, 3.05) is 11.9 Å². The quantitative estimate of drug-likeness (QED) is 0.824. The van der Waals surface area contributed by atoms with Gasteiger partial charge in [-0.1, -0.05) is 26.0 Å². The molecule has 1 aromatic carbocycles. The summed E-state index contributed by atoms with van der Waals surface area (Å²) in [4.78, 5) is 20.1. The van der Waals surface area contributed by atoms with E-state index in [9.17, 15) is 9.18 Å². The molecule has 0 aliphatic carbocycles. The van der Waals surface area contributed by atoms with E-state index >= 15 is 0 Å². The fraction of sp³-hybridized carbons (Fsp3) is 0.353. The molecule has 0 spiro atoms. The number of anilines is 1. The Labute approximate surface area is 135 Å². The van der Waals surface area contributed by atoms with Gasteiger partial charge in [-0.05, 0) is 30.0 Å². The molecular formula is C17H21FN4O. The predicted octanol–water partition coefficient (Wildman–Crippen LogP) is 3.00. The summed E-state index contributed by atoms with van der Waals surface area (Å²) in [6, 6.07) is 7.82. The third-order valence-electron chi connectivity index (χ3n) is 3.29. The van der Waals surface area contributed by atoms with E-state index in [1.807, 2.05) is 0 Å². The van der Waals surface area contributed by atoms with Crippen LogP contribution in [0.15, 0.2) is 36.7 Å². The monoisotopic (exact) mass is 316 g/mol. The van der Waals surface area contributed by atoms with Crippen LogP contribution in [0.5, 0.6) is 0 Å². The van der Waals surface area contributed by atoms with Gasteiger partial charge in [0.25, 0.3) is 5.91 Å². The zero-order valence-electron chi connectivity index (χ0n) is 13.3. The zero-order chi connectivity index (χ0) is 16.7. The third kappa shape index (κ3) is 5.65. The molecule has 23 heavy (non-hydrogen) atoms. The smallest absolute Gasteiger partial charge is 0.270 e. The molecule has 0 fully saturated rings. The normalized spacial score (nSPS) is 10.6. The van der Waals surface area contributed by atoms with E-state index in [4.69, 9.17) is 0 Å². The van der Waals surface area contributed by atoms with Crippen molar-refractivity contribution in [3.05, 3.63) is 53.7 Å². The van der Waals surface area contributed by atoms with Gasteiger partial charge >= 0.3 is 0 Å². The fourth-order valence-electron chi connectivity index (χ4n) is 1.94. The van der Waals surface area contributed by atoms with E-state index in [2.05, 4.69) is 34.4 Å². The first-order valence-electron chi connectivity index (χ1n) is 7.63. The first-order valence-corrected chi connectivity index (χ1v) is 7.63. The second-order valence-electron chi connectivity index (χ2n) is 5.71. The summed E-state index contributed by atoms with van der Waals surface area (Å²) in [6.07, 6.45) is 2.27. The molecule has 0 aliphatic rings. The molecule has 2 rings (SSSR count). The maximum Gasteiger partial charge on any atom is 0.270 e. The van der Waals surface area contributed by atoms with E-state index in [-0.39, 0.29) is 11.7 Å². The zero-order valence-corrected chi connectivity index (χ0v) is 13.3. The molecule has 0 atom stereocenters. The number of carbonyl (C=O) groups is 1. The number of aromatic nitrogens is 2. The number of halogens is 1. The average molecular weight is 316 g/mol. The molecule has 0 saturated carbocycles. The number of hydrogen-bond donors (Lipinski definition) is 2. The highest BCUT2D eigenvalue weighted by Gasteiger charge is 2.08. The van der Waals surface area contributed by atoms with Gasteiger partial charge in [-0.2, -0.15) is 0 Å². The number of hydrogen-bond acceptors (Lipinski definition) is 4. The lowest BCUT2D eigenvalue weighted by atomic mass is 10.1. The highest BCUT2D eigenvalue weighted by molar-refractivity contribution is 5.92. The predicted molar refractivity (Wildman–Crippen MR) is 87.5 cm³/mol. The minimum absolute atomic E-state index is 0.210. The number of nitrogens with zero attached hydrogens (tertiary/aromatic N) is 2. The van der Waals surface area contributed by atoms with Crippen LogP contribution < -0.4 is 10.6 Å². The van der Waals surface area contributed by atoms with Crippen molar-refractivity contribution in [3.63, 3.8) is 0 Å². The highest BCUT2D eigenvalue weighted by Crippen LogP contribution is 2.08. The third-order valence-corrected chi connectivity index (χ3v) is 3.29. The SMILES string of the molecule is CC(C)CCNC(=O)c1cc(NCc2ccc(F)cc2)ncn1. The van der Waals surface area contributed by atoms with Crippen molar-refractivity contribution in [1.29, 1.82) is 0 Å². The molecule has 1 amide bonds. The molecule has 0 radical (unpaired) electrons. The number of nitrogens with one attached hydrogen (secondary N) is 2. The molecule has 0 saturated heterocycles. The second-order valence-corrected chi connectivity index (χ2v) is 5.71. The summed E-state index contributed by atoms with van der Waals surface area (Å²) in [5.74, 6) is 0.612. The highest BCUT2D eigenvalue weighted by atomic mass is 19.1. The Bertz CT molecular complexity index is 643. The van der Waals surface area contributed by atoms with Gasteiger partial charge < -0.3 is 10.6 Å². The first kappa shape index (κ1) is 16.9. The van der Waals surface area contributed by atoms with Crippen LogP contribution in [0.3, 0.4) is 0 Å². The molecule has 1 aromatic heterocycles. The Morgan fingerprint density at radius 3 is 2.65 bits per heavy atom. The van der Waals surface area contributed by atoms with Gasteiger partial charge in [0.15, 0.2) is 0 Å². The van der Waals surface area contributed by atoms with Gasteiger partial charge in [0, 0.05) is 19.2 Å². The van der Waals surface area contributed by atoms with E-state index in [1.54, 1.807) is 18.2 Å². The minimum atomic E-state index is -0.267. The van der Waals surface area contributed by atoms with Crippen molar-refractivity contribution in [1.82, 2.24) is 15.3 Å². The van der Waals surface area contributed by atoms with Crippen LogP contribution in [0, 0.1) is 11.7 Å². The lowest BCUT2D eigenvalue weighted by molar-refractivity contribution is 0.0947. The lowest BCUT2D eigenvalue weighted by Gasteiger charge is -2.08. The van der Waals surface area contributed by atoms with Gasteiger partial charge in [0.2, 0.25) is 0 Å². The van der Waals surface area contributed by atoms with Gasteiger partial charge in [0.1, 0.15) is 23.7 Å². The lowest BCUT2D eigenvalue weighted by Crippen LogP contribution is -2.26. The van der Waals surface area contributed by atoms with E-state index in [0.29, 0.717) is 30.5 Å². The standard InChI is InChI=1S/C17H21FN4O/c1-12(2)7-8-19-17(23)15-9-16(22-11-21-15)20-10-13-3-5-14(18)6-4-13/h3-6,9,11-12H,7-8,10H2,1-2H3,(H,19,23)(H,20,21,22). The Kier molecular flexibility index (Phi) is 6.02. The van der Waals surface area contributed by atoms with E-state index in [0.717, 1.165) is 12.0 Å². The number of amides is 1. The van der Waals surface area contributed by atoms with Gasteiger partial charge in [-0.15, -0.1) is 0 Å². The summed E-state index contributed by atoms with van der Waals surface area (Å²) < 4.78 is 12.9. The number of carbonyl (C=O) groups excluding carboxylic acids is 1. The number of benzene rings is 1. The summed E-state index contributed by atoms with van der Waals surface area (Å²) in [6.45, 7) is 5.33. The van der Waals surface area contributed by atoms with Crippen LogP contribution in [0.4, 0.5) is 10.2 Å². The topological polar surface area (TPSA) is 66.9 Å². The van der Waals surface area contributed by atoms with Crippen LogP contribution in [-0.2, 0) is 6.54 Å².